The molecule has 3 N–H and O–H groups in total. The number of ether oxygens (including phenoxy) is 1. The third kappa shape index (κ3) is 6.74. The number of carboxylic acids is 1. The van der Waals surface area contributed by atoms with Crippen LogP contribution in [0.25, 0.3) is 0 Å². The molecule has 1 fully saturated rings. The molecule has 0 saturated heterocycles. The van der Waals surface area contributed by atoms with E-state index in [1.807, 2.05) is 44.2 Å². The van der Waals surface area contributed by atoms with Crippen LogP contribution in [-0.2, 0) is 16.1 Å². The van der Waals surface area contributed by atoms with Gasteiger partial charge in [-0.3, -0.25) is 4.79 Å². The number of aliphatic carboxylic acids is 1. The fourth-order valence-electron chi connectivity index (χ4n) is 3.05. The lowest BCUT2D eigenvalue weighted by Gasteiger charge is -2.30. The van der Waals surface area contributed by atoms with E-state index in [2.05, 4.69) is 10.6 Å². The van der Waals surface area contributed by atoms with Crippen molar-refractivity contribution in [3.8, 4) is 0 Å². The minimum absolute atomic E-state index is 0.0386. The molecule has 1 aromatic carbocycles. The number of amides is 2. The first-order valence-electron chi connectivity index (χ1n) is 8.79. The molecular formula is C19H28N2O4. The number of hydrogen-bond acceptors (Lipinski definition) is 3. The van der Waals surface area contributed by atoms with Gasteiger partial charge >= 0.3 is 12.0 Å². The van der Waals surface area contributed by atoms with Gasteiger partial charge in [-0.15, -0.1) is 0 Å². The van der Waals surface area contributed by atoms with Crippen LogP contribution >= 0.6 is 0 Å². The minimum atomic E-state index is -0.736. The average Bonchev–Trinajstić information content (AvgIpc) is 2.55. The van der Waals surface area contributed by atoms with Gasteiger partial charge in [-0.2, -0.15) is 0 Å². The Labute approximate surface area is 149 Å². The van der Waals surface area contributed by atoms with E-state index in [0.29, 0.717) is 38.9 Å². The zero-order chi connectivity index (χ0) is 18.3. The van der Waals surface area contributed by atoms with Crippen molar-refractivity contribution < 1.29 is 19.4 Å². The average molecular weight is 348 g/mol. The monoisotopic (exact) mass is 348 g/mol. The molecule has 0 bridgehead atoms. The highest BCUT2D eigenvalue weighted by atomic mass is 16.5. The van der Waals surface area contributed by atoms with Gasteiger partial charge in [-0.25, -0.2) is 4.79 Å². The molecule has 0 unspecified atom stereocenters. The molecule has 6 nitrogen and oxygen atoms in total. The molecule has 25 heavy (non-hydrogen) atoms. The predicted molar refractivity (Wildman–Crippen MR) is 95.2 cm³/mol. The van der Waals surface area contributed by atoms with Crippen LogP contribution in [0.15, 0.2) is 30.3 Å². The Bertz CT molecular complexity index is 566. The third-order valence-electron chi connectivity index (χ3n) is 4.44. The zero-order valence-corrected chi connectivity index (χ0v) is 15.0. The summed E-state index contributed by atoms with van der Waals surface area (Å²) in [5.74, 6) is -1.01. The van der Waals surface area contributed by atoms with Gasteiger partial charge in [0.05, 0.1) is 24.7 Å². The predicted octanol–water partition coefficient (Wildman–Crippen LogP) is 2.92. The molecule has 0 atom stereocenters. The fourth-order valence-corrected chi connectivity index (χ4v) is 3.05. The first-order valence-corrected chi connectivity index (χ1v) is 8.79. The van der Waals surface area contributed by atoms with E-state index in [4.69, 9.17) is 9.84 Å². The maximum atomic E-state index is 12.2. The van der Waals surface area contributed by atoms with Gasteiger partial charge in [0.15, 0.2) is 0 Å². The number of urea groups is 1. The normalized spacial score (nSPS) is 20.7. The summed E-state index contributed by atoms with van der Waals surface area (Å²) in [5.41, 5.74) is 0.606. The van der Waals surface area contributed by atoms with E-state index in [9.17, 15) is 9.59 Å². The molecule has 2 rings (SSSR count). The number of carbonyl (C=O) groups is 2. The summed E-state index contributed by atoms with van der Waals surface area (Å²) >= 11 is 0. The molecule has 1 aromatic rings. The number of carbonyl (C=O) groups excluding carboxylic acids is 1. The van der Waals surface area contributed by atoms with Crippen molar-refractivity contribution in [2.45, 2.75) is 57.7 Å². The fraction of sp³-hybridized carbons (Fsp3) is 0.579. The van der Waals surface area contributed by atoms with Crippen LogP contribution in [0.1, 0.15) is 45.1 Å². The summed E-state index contributed by atoms with van der Waals surface area (Å²) in [4.78, 5) is 23.1. The van der Waals surface area contributed by atoms with Crippen LogP contribution in [0.5, 0.6) is 0 Å². The molecule has 1 aliphatic rings. The first kappa shape index (κ1) is 19.2. The van der Waals surface area contributed by atoms with E-state index in [0.717, 1.165) is 5.56 Å². The largest absolute Gasteiger partial charge is 0.481 e. The second-order valence-corrected chi connectivity index (χ2v) is 7.35. The van der Waals surface area contributed by atoms with Crippen molar-refractivity contribution in [3.05, 3.63) is 35.9 Å². The van der Waals surface area contributed by atoms with Crippen molar-refractivity contribution in [1.29, 1.82) is 0 Å². The van der Waals surface area contributed by atoms with E-state index < -0.39 is 11.5 Å². The summed E-state index contributed by atoms with van der Waals surface area (Å²) in [6.45, 7) is 4.74. The SMILES string of the molecule is CC(C)(COCc1ccccc1)NC(=O)NC1CCC(C(=O)O)CC1. The highest BCUT2D eigenvalue weighted by Gasteiger charge is 2.28. The highest BCUT2D eigenvalue weighted by Crippen LogP contribution is 2.24. The molecule has 138 valence electrons. The van der Waals surface area contributed by atoms with Gasteiger partial charge in [0, 0.05) is 6.04 Å². The number of nitrogens with one attached hydrogen (secondary N) is 2. The van der Waals surface area contributed by atoms with Gasteiger partial charge in [-0.1, -0.05) is 30.3 Å². The standard InChI is InChI=1S/C19H28N2O4/c1-19(2,13-25-12-14-6-4-3-5-7-14)21-18(24)20-16-10-8-15(9-11-16)17(22)23/h3-7,15-16H,8-13H2,1-2H3,(H,22,23)(H2,20,21,24). The zero-order valence-electron chi connectivity index (χ0n) is 15.0. The third-order valence-corrected chi connectivity index (χ3v) is 4.44. The Balaban J connectivity index is 1.69. The van der Waals surface area contributed by atoms with Crippen LogP contribution in [0, 0.1) is 5.92 Å². The van der Waals surface area contributed by atoms with E-state index in [1.165, 1.54) is 0 Å². The summed E-state index contributed by atoms with van der Waals surface area (Å²) in [6.07, 6.45) is 2.64. The van der Waals surface area contributed by atoms with Crippen LogP contribution in [0.4, 0.5) is 4.79 Å². The van der Waals surface area contributed by atoms with Gasteiger partial charge < -0.3 is 20.5 Å². The number of hydrogen-bond donors (Lipinski definition) is 3. The first-order chi connectivity index (χ1) is 11.9. The van der Waals surface area contributed by atoms with Crippen molar-refractivity contribution in [3.63, 3.8) is 0 Å². The topological polar surface area (TPSA) is 87.7 Å². The van der Waals surface area contributed by atoms with Gasteiger partial charge in [0.25, 0.3) is 0 Å². The number of carboxylic acid groups (broad SMARTS) is 1. The van der Waals surface area contributed by atoms with E-state index in [1.54, 1.807) is 0 Å². The maximum Gasteiger partial charge on any atom is 0.315 e. The summed E-state index contributed by atoms with van der Waals surface area (Å²) in [5, 5.41) is 14.9. The second-order valence-electron chi connectivity index (χ2n) is 7.35. The van der Waals surface area contributed by atoms with E-state index >= 15 is 0 Å². The molecule has 1 saturated carbocycles. The molecule has 1 aliphatic carbocycles. The molecule has 6 heteroatoms. The van der Waals surface area contributed by atoms with Crippen molar-refractivity contribution in [2.24, 2.45) is 5.92 Å². The molecule has 2 amide bonds. The Kier molecular flexibility index (Phi) is 6.82. The van der Waals surface area contributed by atoms with Crippen LogP contribution in [0.3, 0.4) is 0 Å². The van der Waals surface area contributed by atoms with Crippen molar-refractivity contribution in [2.75, 3.05) is 6.61 Å². The van der Waals surface area contributed by atoms with Gasteiger partial charge in [0.2, 0.25) is 0 Å². The van der Waals surface area contributed by atoms with Crippen molar-refractivity contribution in [1.82, 2.24) is 10.6 Å². The minimum Gasteiger partial charge on any atom is -0.481 e. The number of benzene rings is 1. The Hall–Kier alpha value is -2.08. The van der Waals surface area contributed by atoms with Crippen LogP contribution in [0.2, 0.25) is 0 Å². The maximum absolute atomic E-state index is 12.2. The lowest BCUT2D eigenvalue weighted by atomic mass is 9.86. The molecule has 0 aromatic heterocycles. The Morgan fingerprint density at radius 2 is 1.80 bits per heavy atom. The van der Waals surface area contributed by atoms with Crippen LogP contribution < -0.4 is 10.6 Å². The van der Waals surface area contributed by atoms with Crippen molar-refractivity contribution >= 4 is 12.0 Å². The molecular weight excluding hydrogens is 320 g/mol. The molecule has 0 radical (unpaired) electrons. The quantitative estimate of drug-likeness (QED) is 0.707. The Morgan fingerprint density at radius 3 is 2.40 bits per heavy atom. The molecule has 0 aliphatic heterocycles. The second kappa shape index (κ2) is 8.85. The van der Waals surface area contributed by atoms with Crippen LogP contribution in [-0.4, -0.2) is 35.3 Å². The highest BCUT2D eigenvalue weighted by molar-refractivity contribution is 5.75. The lowest BCUT2D eigenvalue weighted by Crippen LogP contribution is -2.53. The van der Waals surface area contributed by atoms with Gasteiger partial charge in [0.1, 0.15) is 0 Å². The molecule has 0 spiro atoms. The summed E-state index contributed by atoms with van der Waals surface area (Å²) in [6, 6.07) is 9.71. The Morgan fingerprint density at radius 1 is 1.16 bits per heavy atom. The summed E-state index contributed by atoms with van der Waals surface area (Å²) < 4.78 is 5.71. The van der Waals surface area contributed by atoms with E-state index in [-0.39, 0.29) is 18.0 Å². The van der Waals surface area contributed by atoms with Gasteiger partial charge in [-0.05, 0) is 45.1 Å². The number of rotatable bonds is 7. The molecule has 0 heterocycles. The smallest absolute Gasteiger partial charge is 0.315 e. The summed E-state index contributed by atoms with van der Waals surface area (Å²) in [7, 11) is 0. The lowest BCUT2D eigenvalue weighted by molar-refractivity contribution is -0.142.